The molecule has 1 aromatic heterocycles. The van der Waals surface area contributed by atoms with E-state index in [1.165, 1.54) is 12.1 Å². The third kappa shape index (κ3) is 6.30. The van der Waals surface area contributed by atoms with Crippen LogP contribution in [0.15, 0.2) is 24.3 Å². The summed E-state index contributed by atoms with van der Waals surface area (Å²) in [6.07, 6.45) is 3.03. The molecule has 0 aliphatic carbocycles. The van der Waals surface area contributed by atoms with Crippen molar-refractivity contribution >= 4 is 44.3 Å². The van der Waals surface area contributed by atoms with Gasteiger partial charge in [0.05, 0.1) is 23.9 Å². The monoisotopic (exact) mass is 463 g/mol. The van der Waals surface area contributed by atoms with Crippen molar-refractivity contribution in [2.24, 2.45) is 0 Å². The van der Waals surface area contributed by atoms with E-state index in [-0.39, 0.29) is 17.2 Å². The molecule has 0 atom stereocenters. The summed E-state index contributed by atoms with van der Waals surface area (Å²) in [5.41, 5.74) is 0.805. The molecule has 0 radical (unpaired) electrons. The van der Waals surface area contributed by atoms with Gasteiger partial charge >= 0.3 is 5.97 Å². The molecule has 1 saturated heterocycles. The van der Waals surface area contributed by atoms with Gasteiger partial charge in [0, 0.05) is 43.8 Å². The first-order valence-corrected chi connectivity index (χ1v) is 12.5. The summed E-state index contributed by atoms with van der Waals surface area (Å²) in [5.74, 6) is -0.550. The number of fused-ring (bicyclic) bond motifs is 1. The number of hydrogen-bond acceptors (Lipinski definition) is 7. The molecule has 3 rings (SSSR count). The zero-order valence-corrected chi connectivity index (χ0v) is 19.1. The lowest BCUT2D eigenvalue weighted by Gasteiger charge is -2.35. The first kappa shape index (κ1) is 23.7. The van der Waals surface area contributed by atoms with Gasteiger partial charge < -0.3 is 15.3 Å². The van der Waals surface area contributed by atoms with Gasteiger partial charge in [0.1, 0.15) is 5.82 Å². The van der Waals surface area contributed by atoms with E-state index in [9.17, 15) is 23.1 Å². The number of piperazine rings is 1. The Balaban J connectivity index is 1.73. The number of carbonyl (C=O) groups excluding carboxylic acids is 1. The SMILES string of the molecule is CCCCNC(=O)CN1CCN(c2cc(C(=O)O)c3cc(NS(C)(=O)=O)ccc3n2)CC1. The molecule has 0 saturated carbocycles. The molecule has 0 spiro atoms. The van der Waals surface area contributed by atoms with Crippen LogP contribution in [0.5, 0.6) is 0 Å². The van der Waals surface area contributed by atoms with Crippen LogP contribution >= 0.6 is 0 Å². The Morgan fingerprint density at radius 2 is 1.88 bits per heavy atom. The first-order valence-electron chi connectivity index (χ1n) is 10.6. The van der Waals surface area contributed by atoms with Gasteiger partial charge in [-0.15, -0.1) is 0 Å². The molecule has 3 N–H and O–H groups in total. The lowest BCUT2D eigenvalue weighted by Crippen LogP contribution is -2.49. The summed E-state index contributed by atoms with van der Waals surface area (Å²) in [5, 5.41) is 13.0. The van der Waals surface area contributed by atoms with E-state index < -0.39 is 16.0 Å². The van der Waals surface area contributed by atoms with Crippen molar-refractivity contribution in [3.8, 4) is 0 Å². The van der Waals surface area contributed by atoms with Crippen LogP contribution in [0, 0.1) is 0 Å². The minimum atomic E-state index is -3.48. The number of sulfonamides is 1. The van der Waals surface area contributed by atoms with Gasteiger partial charge in [0.25, 0.3) is 0 Å². The average molecular weight is 464 g/mol. The van der Waals surface area contributed by atoms with Crippen LogP contribution in [0.1, 0.15) is 30.1 Å². The highest BCUT2D eigenvalue weighted by Gasteiger charge is 2.22. The molecule has 11 heteroatoms. The Morgan fingerprint density at radius 1 is 1.16 bits per heavy atom. The largest absolute Gasteiger partial charge is 0.478 e. The number of nitrogens with zero attached hydrogens (tertiary/aromatic N) is 3. The number of anilines is 2. The van der Waals surface area contributed by atoms with Gasteiger partial charge in [-0.2, -0.15) is 0 Å². The quantitative estimate of drug-likeness (QED) is 0.475. The van der Waals surface area contributed by atoms with Crippen LogP contribution in [0.4, 0.5) is 11.5 Å². The van der Waals surface area contributed by atoms with Crippen LogP contribution in [-0.4, -0.2) is 80.8 Å². The number of benzene rings is 1. The molecule has 10 nitrogen and oxygen atoms in total. The van der Waals surface area contributed by atoms with Crippen molar-refractivity contribution in [1.29, 1.82) is 0 Å². The van der Waals surface area contributed by atoms with Crippen molar-refractivity contribution in [2.45, 2.75) is 19.8 Å². The molecule has 1 fully saturated rings. The molecule has 1 amide bonds. The number of pyridine rings is 1. The average Bonchev–Trinajstić information content (AvgIpc) is 2.72. The summed E-state index contributed by atoms with van der Waals surface area (Å²) in [7, 11) is -3.48. The van der Waals surface area contributed by atoms with Crippen molar-refractivity contribution < 1.29 is 23.1 Å². The third-order valence-electron chi connectivity index (χ3n) is 5.24. The van der Waals surface area contributed by atoms with Gasteiger partial charge in [-0.05, 0) is 30.7 Å². The Hall–Kier alpha value is -2.92. The number of rotatable bonds is 9. The number of aromatic carboxylic acids is 1. The number of unbranched alkanes of at least 4 members (excludes halogenated alkanes) is 1. The minimum absolute atomic E-state index is 0.0161. The number of carboxylic acid groups (broad SMARTS) is 1. The summed E-state index contributed by atoms with van der Waals surface area (Å²) >= 11 is 0. The van der Waals surface area contributed by atoms with E-state index in [1.807, 2.05) is 4.90 Å². The highest BCUT2D eigenvalue weighted by Crippen LogP contribution is 2.27. The maximum atomic E-state index is 12.0. The Morgan fingerprint density at radius 3 is 2.50 bits per heavy atom. The summed E-state index contributed by atoms with van der Waals surface area (Å²) in [4.78, 5) is 32.6. The van der Waals surface area contributed by atoms with Crippen LogP contribution in [-0.2, 0) is 14.8 Å². The van der Waals surface area contributed by atoms with Gasteiger partial charge in [0.2, 0.25) is 15.9 Å². The number of nitrogens with one attached hydrogen (secondary N) is 2. The van der Waals surface area contributed by atoms with Crippen molar-refractivity contribution in [2.75, 3.05) is 55.1 Å². The number of hydrogen-bond donors (Lipinski definition) is 3. The smallest absolute Gasteiger partial charge is 0.336 e. The molecule has 32 heavy (non-hydrogen) atoms. The lowest BCUT2D eigenvalue weighted by atomic mass is 10.1. The molecule has 0 unspecified atom stereocenters. The summed E-state index contributed by atoms with van der Waals surface area (Å²) < 4.78 is 25.3. The van der Waals surface area contributed by atoms with E-state index in [4.69, 9.17) is 0 Å². The fourth-order valence-electron chi connectivity index (χ4n) is 3.63. The van der Waals surface area contributed by atoms with Crippen molar-refractivity contribution in [3.05, 3.63) is 29.8 Å². The van der Waals surface area contributed by atoms with Crippen LogP contribution in [0.2, 0.25) is 0 Å². The third-order valence-corrected chi connectivity index (χ3v) is 5.85. The van der Waals surface area contributed by atoms with E-state index in [0.29, 0.717) is 56.0 Å². The van der Waals surface area contributed by atoms with E-state index in [2.05, 4.69) is 26.8 Å². The van der Waals surface area contributed by atoms with Crippen molar-refractivity contribution in [1.82, 2.24) is 15.2 Å². The Kier molecular flexibility index (Phi) is 7.52. The number of amides is 1. The highest BCUT2D eigenvalue weighted by atomic mass is 32.2. The molecule has 1 aliphatic rings. The topological polar surface area (TPSA) is 132 Å². The summed E-state index contributed by atoms with van der Waals surface area (Å²) in [6.45, 7) is 5.68. The standard InChI is InChI=1S/C21H29N5O5S/c1-3-4-7-22-20(27)14-25-8-10-26(11-9-25)19-13-17(21(28)29)16-12-15(24-32(2,30)31)5-6-18(16)23-19/h5-6,12-13,24H,3-4,7-11,14H2,1-2H3,(H,22,27)(H,28,29). The number of carboxylic acids is 1. The van der Waals surface area contributed by atoms with E-state index in [1.54, 1.807) is 12.1 Å². The lowest BCUT2D eigenvalue weighted by molar-refractivity contribution is -0.122. The molecular weight excluding hydrogens is 434 g/mol. The Labute approximate surface area is 187 Å². The molecule has 2 heterocycles. The molecular formula is C21H29N5O5S. The second kappa shape index (κ2) is 10.1. The van der Waals surface area contributed by atoms with E-state index in [0.717, 1.165) is 19.1 Å². The van der Waals surface area contributed by atoms with E-state index >= 15 is 0 Å². The highest BCUT2D eigenvalue weighted by molar-refractivity contribution is 7.92. The second-order valence-corrected chi connectivity index (χ2v) is 9.65. The maximum absolute atomic E-state index is 12.0. The van der Waals surface area contributed by atoms with Gasteiger partial charge in [-0.25, -0.2) is 18.2 Å². The number of carbonyl (C=O) groups is 2. The zero-order valence-electron chi connectivity index (χ0n) is 18.3. The number of aromatic nitrogens is 1. The minimum Gasteiger partial charge on any atom is -0.478 e. The van der Waals surface area contributed by atoms with Gasteiger partial charge in [-0.1, -0.05) is 13.3 Å². The fourth-order valence-corrected chi connectivity index (χ4v) is 4.18. The predicted molar refractivity (Wildman–Crippen MR) is 124 cm³/mol. The van der Waals surface area contributed by atoms with Crippen molar-refractivity contribution in [3.63, 3.8) is 0 Å². The molecule has 1 aromatic carbocycles. The Bertz CT molecular complexity index is 1100. The van der Waals surface area contributed by atoms with Gasteiger partial charge in [-0.3, -0.25) is 14.4 Å². The summed E-state index contributed by atoms with van der Waals surface area (Å²) in [6, 6.07) is 6.16. The zero-order chi connectivity index (χ0) is 23.3. The fraction of sp³-hybridized carbons (Fsp3) is 0.476. The maximum Gasteiger partial charge on any atom is 0.336 e. The van der Waals surface area contributed by atoms with Gasteiger partial charge in [0.15, 0.2) is 0 Å². The second-order valence-electron chi connectivity index (χ2n) is 7.91. The first-order chi connectivity index (χ1) is 15.2. The van der Waals surface area contributed by atoms with Crippen LogP contribution < -0.4 is 14.9 Å². The molecule has 1 aliphatic heterocycles. The normalized spacial score (nSPS) is 15.0. The molecule has 2 aromatic rings. The molecule has 0 bridgehead atoms. The van der Waals surface area contributed by atoms with Crippen LogP contribution in [0.3, 0.4) is 0 Å². The van der Waals surface area contributed by atoms with Crippen LogP contribution in [0.25, 0.3) is 10.9 Å². The predicted octanol–water partition coefficient (Wildman–Crippen LogP) is 1.34. The molecule has 174 valence electrons.